The Balaban J connectivity index is 2.40. The molecule has 0 bridgehead atoms. The molecule has 0 aliphatic rings. The van der Waals surface area contributed by atoms with Gasteiger partial charge in [0.2, 0.25) is 0 Å². The van der Waals surface area contributed by atoms with E-state index in [1.807, 2.05) is 13.0 Å². The van der Waals surface area contributed by atoms with Crippen molar-refractivity contribution < 1.29 is 13.9 Å². The third-order valence-corrected chi connectivity index (χ3v) is 3.02. The Morgan fingerprint density at radius 1 is 1.44 bits per heavy atom. The minimum Gasteiger partial charge on any atom is -0.468 e. The Morgan fingerprint density at radius 3 is 2.72 bits per heavy atom. The van der Waals surface area contributed by atoms with Crippen LogP contribution in [0.25, 0.3) is 0 Å². The van der Waals surface area contributed by atoms with Gasteiger partial charge in [-0.05, 0) is 36.8 Å². The average Bonchev–Trinajstić information content (AvgIpc) is 2.36. The van der Waals surface area contributed by atoms with Gasteiger partial charge in [-0.3, -0.25) is 4.79 Å². The maximum atomic E-state index is 13.4. The lowest BCUT2D eigenvalue weighted by molar-refractivity contribution is -0.142. The lowest BCUT2D eigenvalue weighted by Crippen LogP contribution is -2.33. The molecule has 0 fully saturated rings. The van der Waals surface area contributed by atoms with Crippen LogP contribution in [0, 0.1) is 11.7 Å². The molecule has 0 saturated heterocycles. The van der Waals surface area contributed by atoms with E-state index in [9.17, 15) is 9.18 Å². The lowest BCUT2D eigenvalue weighted by atomic mass is 9.95. The first kappa shape index (κ1) is 14.6. The molecule has 0 heterocycles. The highest BCUT2D eigenvalue weighted by Gasteiger charge is 2.17. The highest BCUT2D eigenvalue weighted by atomic mass is 19.1. The fourth-order valence-corrected chi connectivity index (χ4v) is 1.90. The maximum Gasteiger partial charge on any atom is 0.322 e. The first-order chi connectivity index (χ1) is 8.54. The van der Waals surface area contributed by atoms with Crippen LogP contribution < -0.4 is 5.73 Å². The van der Waals surface area contributed by atoms with Crippen LogP contribution in [0.2, 0.25) is 0 Å². The second kappa shape index (κ2) is 7.11. The molecule has 1 rings (SSSR count). The van der Waals surface area contributed by atoms with E-state index in [1.165, 1.54) is 13.2 Å². The van der Waals surface area contributed by atoms with Crippen molar-refractivity contribution in [2.45, 2.75) is 32.2 Å². The van der Waals surface area contributed by atoms with E-state index >= 15 is 0 Å². The summed E-state index contributed by atoms with van der Waals surface area (Å²) in [5.74, 6) is -0.326. The summed E-state index contributed by atoms with van der Waals surface area (Å²) in [6.07, 6.45) is 2.01. The number of methoxy groups -OCH3 is 1. The molecule has 100 valence electrons. The largest absolute Gasteiger partial charge is 0.468 e. The van der Waals surface area contributed by atoms with Gasteiger partial charge in [0.15, 0.2) is 0 Å². The molecule has 0 aliphatic heterocycles. The second-order valence-corrected chi connectivity index (χ2v) is 4.60. The molecule has 0 aromatic heterocycles. The predicted molar refractivity (Wildman–Crippen MR) is 68.5 cm³/mol. The van der Waals surface area contributed by atoms with Crippen molar-refractivity contribution in [2.24, 2.45) is 11.7 Å². The van der Waals surface area contributed by atoms with Crippen molar-refractivity contribution >= 4 is 5.97 Å². The third-order valence-electron chi connectivity index (χ3n) is 3.02. The Hall–Kier alpha value is -1.42. The number of nitrogens with two attached hydrogens (primary N) is 1. The number of esters is 1. The zero-order chi connectivity index (χ0) is 13.5. The van der Waals surface area contributed by atoms with Crippen LogP contribution >= 0.6 is 0 Å². The quantitative estimate of drug-likeness (QED) is 0.791. The highest BCUT2D eigenvalue weighted by Crippen LogP contribution is 2.16. The number of carbonyl (C=O) groups excluding carboxylic acids is 1. The molecule has 1 aromatic carbocycles. The van der Waals surface area contributed by atoms with E-state index in [0.717, 1.165) is 6.42 Å². The molecule has 0 saturated carbocycles. The van der Waals surface area contributed by atoms with Gasteiger partial charge in [-0.2, -0.15) is 0 Å². The molecular weight excluding hydrogens is 233 g/mol. The van der Waals surface area contributed by atoms with Crippen molar-refractivity contribution in [3.8, 4) is 0 Å². The summed E-state index contributed by atoms with van der Waals surface area (Å²) in [5, 5.41) is 0. The van der Waals surface area contributed by atoms with Crippen molar-refractivity contribution in [2.75, 3.05) is 7.11 Å². The van der Waals surface area contributed by atoms with E-state index in [2.05, 4.69) is 4.74 Å². The number of aryl methyl sites for hydroxylation is 1. The summed E-state index contributed by atoms with van der Waals surface area (Å²) in [7, 11) is 1.33. The van der Waals surface area contributed by atoms with Gasteiger partial charge in [0, 0.05) is 0 Å². The first-order valence-corrected chi connectivity index (χ1v) is 6.11. The summed E-state index contributed by atoms with van der Waals surface area (Å²) in [5.41, 5.74) is 6.38. The molecule has 0 radical (unpaired) electrons. The molecule has 2 atom stereocenters. The standard InChI is InChI=1S/C14H20FNO2/c1-10(9-13(16)14(17)18-2)7-8-11-5-3-4-6-12(11)15/h3-6,10,13H,7-9,16H2,1-2H3. The summed E-state index contributed by atoms with van der Waals surface area (Å²) < 4.78 is 18.0. The van der Waals surface area contributed by atoms with Crippen LogP contribution in [0.15, 0.2) is 24.3 Å². The van der Waals surface area contributed by atoms with Crippen molar-refractivity contribution in [3.63, 3.8) is 0 Å². The summed E-state index contributed by atoms with van der Waals surface area (Å²) in [6, 6.07) is 6.15. The molecule has 1 aromatic rings. The zero-order valence-corrected chi connectivity index (χ0v) is 10.9. The van der Waals surface area contributed by atoms with E-state index in [1.54, 1.807) is 12.1 Å². The van der Waals surface area contributed by atoms with Gasteiger partial charge in [0.1, 0.15) is 11.9 Å². The summed E-state index contributed by atoms with van der Waals surface area (Å²) >= 11 is 0. The normalized spacial score (nSPS) is 14.0. The zero-order valence-electron chi connectivity index (χ0n) is 10.9. The van der Waals surface area contributed by atoms with Gasteiger partial charge in [0.25, 0.3) is 0 Å². The number of rotatable bonds is 6. The molecule has 0 aliphatic carbocycles. The number of carbonyl (C=O) groups is 1. The number of hydrogen-bond acceptors (Lipinski definition) is 3. The van der Waals surface area contributed by atoms with E-state index in [-0.39, 0.29) is 11.7 Å². The SMILES string of the molecule is COC(=O)C(N)CC(C)CCc1ccccc1F. The fourth-order valence-electron chi connectivity index (χ4n) is 1.90. The predicted octanol–water partition coefficient (Wildman–Crippen LogP) is 2.28. The van der Waals surface area contributed by atoms with Gasteiger partial charge in [0.05, 0.1) is 7.11 Å². The molecule has 4 heteroatoms. The minimum atomic E-state index is -0.592. The van der Waals surface area contributed by atoms with Gasteiger partial charge in [-0.1, -0.05) is 25.1 Å². The fraction of sp³-hybridized carbons (Fsp3) is 0.500. The van der Waals surface area contributed by atoms with Crippen molar-refractivity contribution in [1.82, 2.24) is 0 Å². The van der Waals surface area contributed by atoms with Crippen LogP contribution in [0.4, 0.5) is 4.39 Å². The number of hydrogen-bond donors (Lipinski definition) is 1. The smallest absolute Gasteiger partial charge is 0.322 e. The van der Waals surface area contributed by atoms with Crippen LogP contribution in [-0.4, -0.2) is 19.1 Å². The maximum absolute atomic E-state index is 13.4. The molecular formula is C14H20FNO2. The molecule has 3 nitrogen and oxygen atoms in total. The Kier molecular flexibility index (Phi) is 5.78. The highest BCUT2D eigenvalue weighted by molar-refractivity contribution is 5.75. The average molecular weight is 253 g/mol. The van der Waals surface area contributed by atoms with Crippen molar-refractivity contribution in [3.05, 3.63) is 35.6 Å². The number of ether oxygens (including phenoxy) is 1. The lowest BCUT2D eigenvalue weighted by Gasteiger charge is -2.15. The monoisotopic (exact) mass is 253 g/mol. The summed E-state index contributed by atoms with van der Waals surface area (Å²) in [4.78, 5) is 11.2. The second-order valence-electron chi connectivity index (χ2n) is 4.60. The summed E-state index contributed by atoms with van der Waals surface area (Å²) in [6.45, 7) is 2.00. The van der Waals surface area contributed by atoms with Gasteiger partial charge in [-0.15, -0.1) is 0 Å². The van der Waals surface area contributed by atoms with E-state index < -0.39 is 12.0 Å². The molecule has 18 heavy (non-hydrogen) atoms. The Bertz CT molecular complexity index is 395. The first-order valence-electron chi connectivity index (χ1n) is 6.11. The third kappa shape index (κ3) is 4.45. The van der Waals surface area contributed by atoms with Gasteiger partial charge in [-0.25, -0.2) is 4.39 Å². The van der Waals surface area contributed by atoms with Crippen LogP contribution in [0.5, 0.6) is 0 Å². The molecule has 0 amide bonds. The van der Waals surface area contributed by atoms with Gasteiger partial charge >= 0.3 is 5.97 Å². The molecule has 2 N–H and O–H groups in total. The van der Waals surface area contributed by atoms with Crippen LogP contribution in [-0.2, 0) is 16.0 Å². The molecule has 2 unspecified atom stereocenters. The Morgan fingerprint density at radius 2 is 2.11 bits per heavy atom. The van der Waals surface area contributed by atoms with Gasteiger partial charge < -0.3 is 10.5 Å². The van der Waals surface area contributed by atoms with E-state index in [4.69, 9.17) is 5.73 Å². The van der Waals surface area contributed by atoms with Crippen molar-refractivity contribution in [1.29, 1.82) is 0 Å². The number of benzene rings is 1. The van der Waals surface area contributed by atoms with Crippen LogP contribution in [0.3, 0.4) is 0 Å². The van der Waals surface area contributed by atoms with Crippen LogP contribution in [0.1, 0.15) is 25.3 Å². The Labute approximate surface area is 107 Å². The number of halogens is 1. The van der Waals surface area contributed by atoms with E-state index in [0.29, 0.717) is 18.4 Å². The topological polar surface area (TPSA) is 52.3 Å². The molecule has 0 spiro atoms. The minimum absolute atomic E-state index is 0.179.